The van der Waals surface area contributed by atoms with E-state index < -0.39 is 0 Å². The van der Waals surface area contributed by atoms with E-state index in [9.17, 15) is 9.59 Å². The lowest BCUT2D eigenvalue weighted by Gasteiger charge is -2.18. The second-order valence-corrected chi connectivity index (χ2v) is 4.90. The molecule has 0 fully saturated rings. The fraction of sp³-hybridized carbons (Fsp3) is 0.467. The number of rotatable bonds is 4. The van der Waals surface area contributed by atoms with Crippen LogP contribution in [0.3, 0.4) is 0 Å². The molecule has 0 aromatic heterocycles. The molecule has 1 unspecified atom stereocenters. The van der Waals surface area contributed by atoms with E-state index in [-0.39, 0.29) is 24.4 Å². The third kappa shape index (κ3) is 4.37. The predicted molar refractivity (Wildman–Crippen MR) is 79.1 cm³/mol. The van der Waals surface area contributed by atoms with Crippen molar-refractivity contribution in [1.82, 2.24) is 16.0 Å². The summed E-state index contributed by atoms with van der Waals surface area (Å²) in [4.78, 5) is 23.0. The Labute approximate surface area is 124 Å². The van der Waals surface area contributed by atoms with Crippen LogP contribution < -0.4 is 20.7 Å². The molecular formula is C15H21N3O3. The lowest BCUT2D eigenvalue weighted by Crippen LogP contribution is -2.36. The first-order valence-electron chi connectivity index (χ1n) is 7.17. The van der Waals surface area contributed by atoms with Gasteiger partial charge in [-0.1, -0.05) is 18.2 Å². The van der Waals surface area contributed by atoms with E-state index in [0.717, 1.165) is 24.2 Å². The van der Waals surface area contributed by atoms with Gasteiger partial charge in [-0.25, -0.2) is 4.79 Å². The Balaban J connectivity index is 1.90. The smallest absolute Gasteiger partial charge is 0.314 e. The van der Waals surface area contributed by atoms with Crippen LogP contribution >= 0.6 is 0 Å². The zero-order chi connectivity index (χ0) is 15.1. The van der Waals surface area contributed by atoms with Crippen LogP contribution in [0.5, 0.6) is 5.75 Å². The summed E-state index contributed by atoms with van der Waals surface area (Å²) in [5, 5.41) is 8.06. The topological polar surface area (TPSA) is 79.5 Å². The molecule has 1 aromatic rings. The highest BCUT2D eigenvalue weighted by Gasteiger charge is 2.20. The van der Waals surface area contributed by atoms with Crippen molar-refractivity contribution in [3.05, 3.63) is 29.8 Å². The Morgan fingerprint density at radius 1 is 1.33 bits per heavy atom. The van der Waals surface area contributed by atoms with Crippen LogP contribution in [0.4, 0.5) is 4.79 Å². The van der Waals surface area contributed by atoms with Gasteiger partial charge in [0.25, 0.3) is 0 Å². The van der Waals surface area contributed by atoms with E-state index in [4.69, 9.17) is 4.74 Å². The summed E-state index contributed by atoms with van der Waals surface area (Å²) in [7, 11) is 1.54. The van der Waals surface area contributed by atoms with E-state index in [0.29, 0.717) is 13.2 Å². The van der Waals surface area contributed by atoms with Crippen molar-refractivity contribution in [2.24, 2.45) is 0 Å². The minimum Gasteiger partial charge on any atom is -0.493 e. The maximum Gasteiger partial charge on any atom is 0.314 e. The Bertz CT molecular complexity index is 505. The average Bonchev–Trinajstić information content (AvgIpc) is 2.70. The van der Waals surface area contributed by atoms with Crippen LogP contribution in [0.2, 0.25) is 0 Å². The molecule has 0 saturated carbocycles. The van der Waals surface area contributed by atoms with Crippen molar-refractivity contribution in [2.45, 2.75) is 25.3 Å². The van der Waals surface area contributed by atoms with Crippen LogP contribution in [0, 0.1) is 0 Å². The number of carbonyl (C=O) groups excluding carboxylic acids is 2. The summed E-state index contributed by atoms with van der Waals surface area (Å²) in [5.74, 6) is 0.761. The highest BCUT2D eigenvalue weighted by atomic mass is 16.5. The Kier molecular flexibility index (Phi) is 5.43. The van der Waals surface area contributed by atoms with Gasteiger partial charge in [0, 0.05) is 25.6 Å². The number of para-hydroxylation sites is 1. The first kappa shape index (κ1) is 15.2. The standard InChI is InChI=1S/C15H21N3O3/c1-16-15(20)17-9-8-14(19)18-12-6-4-10-21-13-7-3-2-5-11(12)13/h2-3,5,7,12H,4,6,8-10H2,1H3,(H,18,19)(H2,16,17,20). The molecule has 1 atom stereocenters. The number of carbonyl (C=O) groups is 2. The summed E-state index contributed by atoms with van der Waals surface area (Å²) < 4.78 is 5.67. The summed E-state index contributed by atoms with van der Waals surface area (Å²) in [6.45, 7) is 0.984. The highest BCUT2D eigenvalue weighted by Crippen LogP contribution is 2.31. The molecular weight excluding hydrogens is 270 g/mol. The lowest BCUT2D eigenvalue weighted by molar-refractivity contribution is -0.121. The minimum atomic E-state index is -0.281. The first-order valence-corrected chi connectivity index (χ1v) is 7.17. The minimum absolute atomic E-state index is 0.0313. The Morgan fingerprint density at radius 3 is 2.95 bits per heavy atom. The molecule has 0 bridgehead atoms. The van der Waals surface area contributed by atoms with Gasteiger partial charge in [0.1, 0.15) is 5.75 Å². The largest absolute Gasteiger partial charge is 0.493 e. The lowest BCUT2D eigenvalue weighted by atomic mass is 10.0. The second kappa shape index (κ2) is 7.52. The average molecular weight is 291 g/mol. The van der Waals surface area contributed by atoms with Crippen LogP contribution in [-0.2, 0) is 4.79 Å². The van der Waals surface area contributed by atoms with Crippen LogP contribution in [-0.4, -0.2) is 32.1 Å². The maximum absolute atomic E-state index is 12.0. The highest BCUT2D eigenvalue weighted by molar-refractivity contribution is 5.78. The van der Waals surface area contributed by atoms with Gasteiger partial charge in [0.2, 0.25) is 5.91 Å². The summed E-state index contributed by atoms with van der Waals surface area (Å²) in [5.41, 5.74) is 1.02. The molecule has 114 valence electrons. The SMILES string of the molecule is CNC(=O)NCCC(=O)NC1CCCOc2ccccc21. The number of benzene rings is 1. The monoisotopic (exact) mass is 291 g/mol. The van der Waals surface area contributed by atoms with Gasteiger partial charge in [-0.3, -0.25) is 4.79 Å². The van der Waals surface area contributed by atoms with Crippen molar-refractivity contribution < 1.29 is 14.3 Å². The zero-order valence-corrected chi connectivity index (χ0v) is 12.1. The molecule has 0 radical (unpaired) electrons. The van der Waals surface area contributed by atoms with Crippen molar-refractivity contribution >= 4 is 11.9 Å². The summed E-state index contributed by atoms with van der Waals surface area (Å²) >= 11 is 0. The molecule has 2 rings (SSSR count). The molecule has 1 aliphatic heterocycles. The number of ether oxygens (including phenoxy) is 1. The van der Waals surface area contributed by atoms with Crippen molar-refractivity contribution in [3.63, 3.8) is 0 Å². The third-order valence-electron chi connectivity index (χ3n) is 3.39. The molecule has 0 spiro atoms. The molecule has 3 N–H and O–H groups in total. The van der Waals surface area contributed by atoms with Crippen LogP contribution in [0.15, 0.2) is 24.3 Å². The van der Waals surface area contributed by atoms with E-state index in [1.807, 2.05) is 24.3 Å². The van der Waals surface area contributed by atoms with Crippen molar-refractivity contribution in [2.75, 3.05) is 20.2 Å². The van der Waals surface area contributed by atoms with E-state index in [1.165, 1.54) is 7.05 Å². The van der Waals surface area contributed by atoms with Gasteiger partial charge < -0.3 is 20.7 Å². The fourth-order valence-electron chi connectivity index (χ4n) is 2.32. The van der Waals surface area contributed by atoms with Gasteiger partial charge >= 0.3 is 6.03 Å². The van der Waals surface area contributed by atoms with Crippen LogP contribution in [0.1, 0.15) is 30.9 Å². The summed E-state index contributed by atoms with van der Waals surface area (Å²) in [6, 6.07) is 7.46. The Hall–Kier alpha value is -2.24. The number of hydrogen-bond donors (Lipinski definition) is 3. The van der Waals surface area contributed by atoms with Crippen LogP contribution in [0.25, 0.3) is 0 Å². The maximum atomic E-state index is 12.0. The Morgan fingerprint density at radius 2 is 2.14 bits per heavy atom. The van der Waals surface area contributed by atoms with E-state index >= 15 is 0 Å². The molecule has 6 nitrogen and oxygen atoms in total. The third-order valence-corrected chi connectivity index (χ3v) is 3.39. The first-order chi connectivity index (χ1) is 10.2. The van der Waals surface area contributed by atoms with Gasteiger partial charge in [-0.05, 0) is 18.9 Å². The zero-order valence-electron chi connectivity index (χ0n) is 12.1. The molecule has 1 heterocycles. The van der Waals surface area contributed by atoms with Gasteiger partial charge in [0.05, 0.1) is 12.6 Å². The number of fused-ring (bicyclic) bond motifs is 1. The fourth-order valence-corrected chi connectivity index (χ4v) is 2.32. The van der Waals surface area contributed by atoms with Gasteiger partial charge in [-0.15, -0.1) is 0 Å². The molecule has 1 aromatic carbocycles. The molecule has 21 heavy (non-hydrogen) atoms. The quantitative estimate of drug-likeness (QED) is 0.783. The number of urea groups is 1. The molecule has 1 aliphatic rings. The number of amides is 3. The predicted octanol–water partition coefficient (Wildman–Crippen LogP) is 1.34. The summed E-state index contributed by atoms with van der Waals surface area (Å²) in [6.07, 6.45) is 2.01. The molecule has 0 aliphatic carbocycles. The molecule has 0 saturated heterocycles. The molecule has 3 amide bonds. The second-order valence-electron chi connectivity index (χ2n) is 4.90. The van der Waals surface area contributed by atoms with Gasteiger partial charge in [0.15, 0.2) is 0 Å². The molecule has 6 heteroatoms. The van der Waals surface area contributed by atoms with Gasteiger partial charge in [-0.2, -0.15) is 0 Å². The number of hydrogen-bond acceptors (Lipinski definition) is 3. The van der Waals surface area contributed by atoms with Crippen molar-refractivity contribution in [1.29, 1.82) is 0 Å². The number of nitrogens with one attached hydrogen (secondary N) is 3. The normalized spacial score (nSPS) is 16.9. The van der Waals surface area contributed by atoms with Crippen molar-refractivity contribution in [3.8, 4) is 5.75 Å². The van der Waals surface area contributed by atoms with E-state index in [2.05, 4.69) is 16.0 Å². The van der Waals surface area contributed by atoms with E-state index in [1.54, 1.807) is 0 Å².